The van der Waals surface area contributed by atoms with Gasteiger partial charge in [-0.05, 0) is 24.6 Å². The Morgan fingerprint density at radius 3 is 2.56 bits per heavy atom. The molecule has 0 radical (unpaired) electrons. The maximum Gasteiger partial charge on any atom is 0.127 e. The number of hydrogen-bond acceptors (Lipinski definition) is 2. The van der Waals surface area contributed by atoms with E-state index in [4.69, 9.17) is 4.42 Å². The summed E-state index contributed by atoms with van der Waals surface area (Å²) in [6, 6.07) is 11.8. The van der Waals surface area contributed by atoms with Crippen molar-refractivity contribution in [3.05, 3.63) is 59.5 Å². The van der Waals surface area contributed by atoms with E-state index in [1.807, 2.05) is 43.3 Å². The third-order valence-corrected chi connectivity index (χ3v) is 2.67. The molecule has 0 aliphatic carbocycles. The van der Waals surface area contributed by atoms with E-state index in [9.17, 15) is 4.79 Å². The second-order valence-corrected chi connectivity index (χ2v) is 3.94. The molecule has 0 N–H and O–H groups in total. The quantitative estimate of drug-likeness (QED) is 0.732. The topological polar surface area (TPSA) is 30.2 Å². The first kappa shape index (κ1) is 10.7. The summed E-state index contributed by atoms with van der Waals surface area (Å²) in [5, 5.41) is 0. The molecule has 82 valence electrons. The second kappa shape index (κ2) is 4.79. The van der Waals surface area contributed by atoms with Gasteiger partial charge >= 0.3 is 0 Å². The maximum absolute atomic E-state index is 11.1. The molecule has 2 rings (SSSR count). The second-order valence-electron chi connectivity index (χ2n) is 3.94. The Labute approximate surface area is 94.9 Å². The lowest BCUT2D eigenvalue weighted by atomic mass is 9.95. The average Bonchev–Trinajstić information content (AvgIpc) is 2.80. The van der Waals surface area contributed by atoms with Gasteiger partial charge in [-0.1, -0.05) is 29.8 Å². The van der Waals surface area contributed by atoms with Gasteiger partial charge in [0.15, 0.2) is 0 Å². The number of hydrogen-bond donors (Lipinski definition) is 0. The van der Waals surface area contributed by atoms with E-state index in [0.29, 0.717) is 6.42 Å². The lowest BCUT2D eigenvalue weighted by Crippen LogP contribution is -2.03. The monoisotopic (exact) mass is 214 g/mol. The number of benzene rings is 1. The lowest BCUT2D eigenvalue weighted by Gasteiger charge is -2.09. The maximum atomic E-state index is 11.1. The molecule has 0 aliphatic rings. The number of carbonyl (C=O) groups is 1. The van der Waals surface area contributed by atoms with E-state index in [0.717, 1.165) is 17.6 Å². The van der Waals surface area contributed by atoms with Crippen molar-refractivity contribution in [3.8, 4) is 0 Å². The minimum atomic E-state index is -0.119. The summed E-state index contributed by atoms with van der Waals surface area (Å²) >= 11 is 0. The fourth-order valence-electron chi connectivity index (χ4n) is 1.70. The molecule has 16 heavy (non-hydrogen) atoms. The molecule has 0 saturated heterocycles. The van der Waals surface area contributed by atoms with Gasteiger partial charge in [-0.15, -0.1) is 0 Å². The summed E-state index contributed by atoms with van der Waals surface area (Å²) in [7, 11) is 0. The Balaban J connectivity index is 2.16. The molecular weight excluding hydrogens is 200 g/mol. The molecule has 2 nitrogen and oxygen atoms in total. The minimum Gasteiger partial charge on any atom is -0.469 e. The Hall–Kier alpha value is -1.83. The predicted molar refractivity (Wildman–Crippen MR) is 62.4 cm³/mol. The predicted octanol–water partition coefficient (Wildman–Crippen LogP) is 3.11. The fraction of sp³-hybridized carbons (Fsp3) is 0.214. The lowest BCUT2D eigenvalue weighted by molar-refractivity contribution is -0.109. The van der Waals surface area contributed by atoms with Crippen LogP contribution in [0, 0.1) is 6.92 Å². The third-order valence-electron chi connectivity index (χ3n) is 2.67. The zero-order valence-electron chi connectivity index (χ0n) is 9.22. The van der Waals surface area contributed by atoms with E-state index >= 15 is 0 Å². The van der Waals surface area contributed by atoms with E-state index in [1.54, 1.807) is 6.26 Å². The number of aldehydes is 1. The Kier molecular flexibility index (Phi) is 3.20. The van der Waals surface area contributed by atoms with Crippen LogP contribution in [0.1, 0.15) is 22.8 Å². The van der Waals surface area contributed by atoms with Gasteiger partial charge in [0.05, 0.1) is 6.26 Å². The Bertz CT molecular complexity index is 440. The standard InChI is InChI=1S/C14H14O2/c1-11-4-6-12(7-5-11)13(10-15)9-14-3-2-8-16-14/h2-8,10,13H,9H2,1H3. The van der Waals surface area contributed by atoms with Crippen LogP contribution in [0.4, 0.5) is 0 Å². The van der Waals surface area contributed by atoms with Crippen LogP contribution in [0.15, 0.2) is 47.1 Å². The van der Waals surface area contributed by atoms with Crippen LogP contribution < -0.4 is 0 Å². The number of aryl methyl sites for hydroxylation is 1. The van der Waals surface area contributed by atoms with Crippen molar-refractivity contribution in [1.29, 1.82) is 0 Å². The molecule has 0 bridgehead atoms. The molecule has 1 atom stereocenters. The summed E-state index contributed by atoms with van der Waals surface area (Å²) in [5.41, 5.74) is 2.24. The first-order valence-electron chi connectivity index (χ1n) is 5.34. The highest BCUT2D eigenvalue weighted by Crippen LogP contribution is 2.19. The first-order chi connectivity index (χ1) is 7.79. The zero-order chi connectivity index (χ0) is 11.4. The first-order valence-corrected chi connectivity index (χ1v) is 5.34. The van der Waals surface area contributed by atoms with Crippen molar-refractivity contribution in [1.82, 2.24) is 0 Å². The van der Waals surface area contributed by atoms with Crippen LogP contribution in [-0.2, 0) is 11.2 Å². The van der Waals surface area contributed by atoms with Crippen molar-refractivity contribution >= 4 is 6.29 Å². The van der Waals surface area contributed by atoms with Gasteiger partial charge in [0.2, 0.25) is 0 Å². The molecule has 1 aromatic carbocycles. The number of carbonyl (C=O) groups excluding carboxylic acids is 1. The molecule has 2 heteroatoms. The highest BCUT2D eigenvalue weighted by molar-refractivity contribution is 5.62. The van der Waals surface area contributed by atoms with Crippen LogP contribution in [0.2, 0.25) is 0 Å². The van der Waals surface area contributed by atoms with Crippen molar-refractivity contribution in [2.24, 2.45) is 0 Å². The Morgan fingerprint density at radius 1 is 1.25 bits per heavy atom. The largest absolute Gasteiger partial charge is 0.469 e. The molecule has 2 aromatic rings. The molecule has 0 fully saturated rings. The summed E-state index contributed by atoms with van der Waals surface area (Å²) < 4.78 is 5.25. The van der Waals surface area contributed by atoms with E-state index in [2.05, 4.69) is 0 Å². The molecule has 1 aromatic heterocycles. The van der Waals surface area contributed by atoms with Crippen molar-refractivity contribution in [2.75, 3.05) is 0 Å². The van der Waals surface area contributed by atoms with E-state index in [1.165, 1.54) is 5.56 Å². The van der Waals surface area contributed by atoms with Gasteiger partial charge in [0.25, 0.3) is 0 Å². The molecule has 0 spiro atoms. The van der Waals surface area contributed by atoms with Crippen LogP contribution in [0.3, 0.4) is 0 Å². The summed E-state index contributed by atoms with van der Waals surface area (Å²) in [6.45, 7) is 2.03. The van der Waals surface area contributed by atoms with Crippen LogP contribution in [-0.4, -0.2) is 6.29 Å². The number of furan rings is 1. The summed E-state index contributed by atoms with van der Waals surface area (Å²) in [5.74, 6) is 0.726. The SMILES string of the molecule is Cc1ccc(C(C=O)Cc2ccco2)cc1. The van der Waals surface area contributed by atoms with Gasteiger partial charge in [-0.25, -0.2) is 0 Å². The fourth-order valence-corrected chi connectivity index (χ4v) is 1.70. The molecule has 0 amide bonds. The van der Waals surface area contributed by atoms with Gasteiger partial charge in [-0.3, -0.25) is 0 Å². The minimum absolute atomic E-state index is 0.119. The third kappa shape index (κ3) is 2.40. The van der Waals surface area contributed by atoms with Gasteiger partial charge in [0.1, 0.15) is 12.0 Å². The van der Waals surface area contributed by atoms with Crippen molar-refractivity contribution < 1.29 is 9.21 Å². The molecule has 0 saturated carbocycles. The molecule has 1 heterocycles. The van der Waals surface area contributed by atoms with Crippen LogP contribution in [0.25, 0.3) is 0 Å². The van der Waals surface area contributed by atoms with Gasteiger partial charge < -0.3 is 9.21 Å². The van der Waals surface area contributed by atoms with Crippen LogP contribution >= 0.6 is 0 Å². The molecule has 1 unspecified atom stereocenters. The number of rotatable bonds is 4. The molecule has 0 aliphatic heterocycles. The van der Waals surface area contributed by atoms with Crippen LogP contribution in [0.5, 0.6) is 0 Å². The zero-order valence-corrected chi connectivity index (χ0v) is 9.22. The molecular formula is C14H14O2. The van der Waals surface area contributed by atoms with Gasteiger partial charge in [0, 0.05) is 12.3 Å². The summed E-state index contributed by atoms with van der Waals surface area (Å²) in [4.78, 5) is 11.1. The van der Waals surface area contributed by atoms with Gasteiger partial charge in [-0.2, -0.15) is 0 Å². The highest BCUT2D eigenvalue weighted by atomic mass is 16.3. The normalized spacial score (nSPS) is 12.3. The smallest absolute Gasteiger partial charge is 0.127 e. The highest BCUT2D eigenvalue weighted by Gasteiger charge is 2.12. The average molecular weight is 214 g/mol. The van der Waals surface area contributed by atoms with Crippen molar-refractivity contribution in [2.45, 2.75) is 19.3 Å². The summed E-state index contributed by atoms with van der Waals surface area (Å²) in [6.07, 6.45) is 3.24. The van der Waals surface area contributed by atoms with E-state index < -0.39 is 0 Å². The van der Waals surface area contributed by atoms with Crippen molar-refractivity contribution in [3.63, 3.8) is 0 Å². The Morgan fingerprint density at radius 2 is 2.00 bits per heavy atom. The van der Waals surface area contributed by atoms with E-state index in [-0.39, 0.29) is 5.92 Å².